The Balaban J connectivity index is 3.39. The summed E-state index contributed by atoms with van der Waals surface area (Å²) in [5, 5.41) is 0. The fraction of sp³-hybridized carbons (Fsp3) is 0.765. The first-order chi connectivity index (χ1) is 9.20. The van der Waals surface area contributed by atoms with E-state index in [1.165, 1.54) is 0 Å². The van der Waals surface area contributed by atoms with Crippen molar-refractivity contribution in [1.29, 1.82) is 0 Å². The molecule has 0 aliphatic rings. The number of unbranched alkanes of at least 4 members (excludes halogenated alkanes) is 3. The average Bonchev–Trinajstić information content (AvgIpc) is 2.40. The molecule has 2 nitrogen and oxygen atoms in total. The van der Waals surface area contributed by atoms with Crippen LogP contribution in [0.1, 0.15) is 84.5 Å². The van der Waals surface area contributed by atoms with E-state index in [-0.39, 0.29) is 0 Å². The maximum Gasteiger partial charge on any atom is 0.132 e. The Hall–Kier alpha value is -0.920. The van der Waals surface area contributed by atoms with Crippen LogP contribution >= 0.6 is 0 Å². The quantitative estimate of drug-likeness (QED) is 0.347. The van der Waals surface area contributed by atoms with Crippen molar-refractivity contribution in [2.45, 2.75) is 84.5 Å². The van der Waals surface area contributed by atoms with E-state index in [1.54, 1.807) is 0 Å². The number of Topliss-reactive ketones (excluding diaryl/α,β-unsaturated/α-hetero) is 2. The van der Waals surface area contributed by atoms with Gasteiger partial charge in [-0.05, 0) is 38.5 Å². The third kappa shape index (κ3) is 13.3. The van der Waals surface area contributed by atoms with Gasteiger partial charge in [0, 0.05) is 25.7 Å². The molecule has 0 fully saturated rings. The molecule has 2 heteroatoms. The zero-order valence-electron chi connectivity index (χ0n) is 12.7. The van der Waals surface area contributed by atoms with Gasteiger partial charge >= 0.3 is 0 Å². The molecule has 0 N–H and O–H groups in total. The Morgan fingerprint density at radius 1 is 0.737 bits per heavy atom. The predicted molar refractivity (Wildman–Crippen MR) is 81.3 cm³/mol. The highest BCUT2D eigenvalue weighted by atomic mass is 16.1. The summed E-state index contributed by atoms with van der Waals surface area (Å²) in [5.41, 5.74) is 0. The molecule has 0 amide bonds. The lowest BCUT2D eigenvalue weighted by atomic mass is 10.0. The van der Waals surface area contributed by atoms with Crippen molar-refractivity contribution in [3.05, 3.63) is 12.2 Å². The Kier molecular flexibility index (Phi) is 12.9. The number of carbonyl (C=O) groups is 2. The summed E-state index contributed by atoms with van der Waals surface area (Å²) < 4.78 is 0. The summed E-state index contributed by atoms with van der Waals surface area (Å²) in [4.78, 5) is 23.0. The van der Waals surface area contributed by atoms with Gasteiger partial charge in [0.2, 0.25) is 0 Å². The van der Waals surface area contributed by atoms with Crippen LogP contribution in [0.2, 0.25) is 0 Å². The number of hydrogen-bond donors (Lipinski definition) is 0. The Bertz CT molecular complexity index is 266. The molecule has 110 valence electrons. The number of ketones is 2. The summed E-state index contributed by atoms with van der Waals surface area (Å²) >= 11 is 0. The molecule has 0 bridgehead atoms. The van der Waals surface area contributed by atoms with Crippen LogP contribution in [0.15, 0.2) is 12.2 Å². The van der Waals surface area contributed by atoms with Gasteiger partial charge in [-0.25, -0.2) is 0 Å². The Labute approximate surface area is 118 Å². The lowest BCUT2D eigenvalue weighted by Gasteiger charge is -2.01. The van der Waals surface area contributed by atoms with Gasteiger partial charge < -0.3 is 0 Å². The Morgan fingerprint density at radius 3 is 1.89 bits per heavy atom. The van der Waals surface area contributed by atoms with Crippen LogP contribution in [-0.2, 0) is 9.59 Å². The van der Waals surface area contributed by atoms with E-state index in [9.17, 15) is 9.59 Å². The second-order valence-electron chi connectivity index (χ2n) is 5.16. The fourth-order valence-electron chi connectivity index (χ4n) is 1.98. The molecule has 0 saturated heterocycles. The monoisotopic (exact) mass is 266 g/mol. The molecule has 0 aromatic rings. The highest BCUT2D eigenvalue weighted by molar-refractivity contribution is 5.81. The molecule has 0 unspecified atom stereocenters. The molecule has 0 aromatic carbocycles. The minimum Gasteiger partial charge on any atom is -0.300 e. The van der Waals surface area contributed by atoms with E-state index in [2.05, 4.69) is 26.0 Å². The first kappa shape index (κ1) is 18.1. The maximum absolute atomic E-state index is 11.6. The molecule has 0 aromatic heterocycles. The summed E-state index contributed by atoms with van der Waals surface area (Å²) in [6.45, 7) is 4.22. The summed E-state index contributed by atoms with van der Waals surface area (Å²) in [7, 11) is 0. The summed E-state index contributed by atoms with van der Waals surface area (Å²) in [6, 6.07) is 0. The molecule has 0 aliphatic carbocycles. The smallest absolute Gasteiger partial charge is 0.132 e. The summed E-state index contributed by atoms with van der Waals surface area (Å²) in [6.07, 6.45) is 14.0. The number of allylic oxidation sites excluding steroid dienone is 2. The van der Waals surface area contributed by atoms with E-state index in [4.69, 9.17) is 0 Å². The fourth-order valence-corrected chi connectivity index (χ4v) is 1.98. The Morgan fingerprint density at radius 2 is 1.32 bits per heavy atom. The number of carbonyl (C=O) groups excluding carboxylic acids is 2. The highest BCUT2D eigenvalue weighted by Crippen LogP contribution is 2.08. The summed E-state index contributed by atoms with van der Waals surface area (Å²) in [5.74, 6) is 0.641. The van der Waals surface area contributed by atoms with Crippen molar-refractivity contribution in [3.8, 4) is 0 Å². The SMILES string of the molecule is CCC=CCCCCC(=O)CCCC(=O)CCCC. The zero-order chi connectivity index (χ0) is 14.3. The molecule has 0 atom stereocenters. The van der Waals surface area contributed by atoms with Crippen LogP contribution in [-0.4, -0.2) is 11.6 Å². The van der Waals surface area contributed by atoms with E-state index in [0.29, 0.717) is 37.2 Å². The molecular formula is C17H30O2. The van der Waals surface area contributed by atoms with Crippen LogP contribution in [0.3, 0.4) is 0 Å². The minimum atomic E-state index is 0.319. The first-order valence-corrected chi connectivity index (χ1v) is 7.89. The van der Waals surface area contributed by atoms with Gasteiger partial charge in [0.1, 0.15) is 11.6 Å². The van der Waals surface area contributed by atoms with Crippen molar-refractivity contribution >= 4 is 11.6 Å². The first-order valence-electron chi connectivity index (χ1n) is 7.89. The van der Waals surface area contributed by atoms with E-state index < -0.39 is 0 Å². The normalized spacial score (nSPS) is 11.1. The second kappa shape index (κ2) is 13.5. The zero-order valence-corrected chi connectivity index (χ0v) is 12.7. The van der Waals surface area contributed by atoms with Crippen molar-refractivity contribution in [3.63, 3.8) is 0 Å². The largest absolute Gasteiger partial charge is 0.300 e. The van der Waals surface area contributed by atoms with Crippen LogP contribution < -0.4 is 0 Å². The van der Waals surface area contributed by atoms with Crippen molar-refractivity contribution in [2.75, 3.05) is 0 Å². The van der Waals surface area contributed by atoms with Crippen molar-refractivity contribution < 1.29 is 9.59 Å². The maximum atomic E-state index is 11.6. The third-order valence-corrected chi connectivity index (χ3v) is 3.20. The van der Waals surface area contributed by atoms with Gasteiger partial charge in [0.25, 0.3) is 0 Å². The van der Waals surface area contributed by atoms with Gasteiger partial charge in [0.15, 0.2) is 0 Å². The minimum absolute atomic E-state index is 0.319. The van der Waals surface area contributed by atoms with Gasteiger partial charge in [-0.3, -0.25) is 9.59 Å². The van der Waals surface area contributed by atoms with E-state index in [1.807, 2.05) is 0 Å². The molecule has 0 saturated carbocycles. The molecule has 0 radical (unpaired) electrons. The molecule has 0 rings (SSSR count). The lowest BCUT2D eigenvalue weighted by Crippen LogP contribution is -2.02. The van der Waals surface area contributed by atoms with Gasteiger partial charge in [0.05, 0.1) is 0 Å². The average molecular weight is 266 g/mol. The van der Waals surface area contributed by atoms with Gasteiger partial charge in [-0.1, -0.05) is 32.4 Å². The predicted octanol–water partition coefficient (Wildman–Crippen LogP) is 5.01. The van der Waals surface area contributed by atoms with Crippen molar-refractivity contribution in [1.82, 2.24) is 0 Å². The second-order valence-corrected chi connectivity index (χ2v) is 5.16. The molecule has 0 aliphatic heterocycles. The van der Waals surface area contributed by atoms with Gasteiger partial charge in [-0.15, -0.1) is 0 Å². The van der Waals surface area contributed by atoms with Crippen LogP contribution in [0, 0.1) is 0 Å². The standard InChI is InChI=1S/C17H30O2/c1-3-5-7-8-9-10-13-17(19)15-11-14-16(18)12-6-4-2/h5,7H,3-4,6,8-15H2,1-2H3. The van der Waals surface area contributed by atoms with Gasteiger partial charge in [-0.2, -0.15) is 0 Å². The van der Waals surface area contributed by atoms with Crippen molar-refractivity contribution in [2.24, 2.45) is 0 Å². The number of rotatable bonds is 13. The lowest BCUT2D eigenvalue weighted by molar-refractivity contribution is -0.120. The molecule has 0 heterocycles. The molecular weight excluding hydrogens is 236 g/mol. The van der Waals surface area contributed by atoms with E-state index in [0.717, 1.165) is 44.9 Å². The topological polar surface area (TPSA) is 34.1 Å². The van der Waals surface area contributed by atoms with Crippen LogP contribution in [0.5, 0.6) is 0 Å². The molecule has 19 heavy (non-hydrogen) atoms. The van der Waals surface area contributed by atoms with Crippen LogP contribution in [0.25, 0.3) is 0 Å². The highest BCUT2D eigenvalue weighted by Gasteiger charge is 2.05. The third-order valence-electron chi connectivity index (χ3n) is 3.20. The van der Waals surface area contributed by atoms with E-state index >= 15 is 0 Å². The van der Waals surface area contributed by atoms with Crippen LogP contribution in [0.4, 0.5) is 0 Å². The number of hydrogen-bond acceptors (Lipinski definition) is 2. The molecule has 0 spiro atoms.